The third-order valence-electron chi connectivity index (χ3n) is 9.75. The molecule has 0 aliphatic carbocycles. The summed E-state index contributed by atoms with van der Waals surface area (Å²) >= 11 is 1.80. The van der Waals surface area contributed by atoms with Gasteiger partial charge in [-0.2, -0.15) is 0 Å². The molecule has 4 heterocycles. The summed E-state index contributed by atoms with van der Waals surface area (Å²) in [6.07, 6.45) is 0. The van der Waals surface area contributed by atoms with E-state index in [0.717, 1.165) is 71.7 Å². The van der Waals surface area contributed by atoms with Gasteiger partial charge in [0.25, 0.3) is 0 Å². The highest BCUT2D eigenvalue weighted by Crippen LogP contribution is 2.40. The molecule has 5 nitrogen and oxygen atoms in total. The van der Waals surface area contributed by atoms with Crippen LogP contribution in [0.3, 0.4) is 0 Å². The Morgan fingerprint density at radius 3 is 1.80 bits per heavy atom. The molecular formula is C45H25N3O2S. The number of furan rings is 2. The lowest BCUT2D eigenvalue weighted by molar-refractivity contribution is 0.668. The number of aromatic nitrogens is 3. The molecule has 0 aliphatic heterocycles. The Balaban J connectivity index is 1.12. The first-order valence-electron chi connectivity index (χ1n) is 16.8. The molecule has 7 aromatic carbocycles. The molecule has 0 amide bonds. The molecule has 0 bridgehead atoms. The average Bonchev–Trinajstić information content (AvgIpc) is 3.88. The van der Waals surface area contributed by atoms with E-state index in [1.54, 1.807) is 11.3 Å². The van der Waals surface area contributed by atoms with Crippen molar-refractivity contribution >= 4 is 75.4 Å². The number of nitrogens with zero attached hydrogens (tertiary/aromatic N) is 3. The Bertz CT molecular complexity index is 3020. The van der Waals surface area contributed by atoms with E-state index in [4.69, 9.17) is 23.8 Å². The summed E-state index contributed by atoms with van der Waals surface area (Å²) in [5.41, 5.74) is 8.28. The second kappa shape index (κ2) is 10.9. The second-order valence-corrected chi connectivity index (χ2v) is 13.9. The van der Waals surface area contributed by atoms with Crippen molar-refractivity contribution in [3.8, 4) is 45.3 Å². The second-order valence-electron chi connectivity index (χ2n) is 12.8. The lowest BCUT2D eigenvalue weighted by Gasteiger charge is -2.09. The smallest absolute Gasteiger partial charge is 0.164 e. The number of rotatable bonds is 4. The van der Waals surface area contributed by atoms with Crippen molar-refractivity contribution in [3.05, 3.63) is 152 Å². The van der Waals surface area contributed by atoms with Crippen LogP contribution in [-0.4, -0.2) is 15.0 Å². The molecule has 0 spiro atoms. The minimum Gasteiger partial charge on any atom is -0.456 e. The van der Waals surface area contributed by atoms with Crippen LogP contribution in [-0.2, 0) is 0 Å². The van der Waals surface area contributed by atoms with Crippen molar-refractivity contribution in [3.63, 3.8) is 0 Å². The highest BCUT2D eigenvalue weighted by molar-refractivity contribution is 7.25. The summed E-state index contributed by atoms with van der Waals surface area (Å²) in [5, 5.41) is 6.66. The van der Waals surface area contributed by atoms with E-state index in [1.165, 1.54) is 20.2 Å². The maximum absolute atomic E-state index is 6.49. The molecule has 0 fully saturated rings. The van der Waals surface area contributed by atoms with E-state index in [2.05, 4.69) is 103 Å². The minimum absolute atomic E-state index is 0.577. The van der Waals surface area contributed by atoms with Gasteiger partial charge in [0.2, 0.25) is 0 Å². The molecule has 51 heavy (non-hydrogen) atoms. The lowest BCUT2D eigenvalue weighted by atomic mass is 9.99. The van der Waals surface area contributed by atoms with Gasteiger partial charge in [0.1, 0.15) is 22.3 Å². The molecule has 0 aliphatic rings. The van der Waals surface area contributed by atoms with E-state index >= 15 is 0 Å². The van der Waals surface area contributed by atoms with Gasteiger partial charge in [-0.1, -0.05) is 84.9 Å². The van der Waals surface area contributed by atoms with Crippen LogP contribution in [0.2, 0.25) is 0 Å². The quantitative estimate of drug-likeness (QED) is 0.186. The van der Waals surface area contributed by atoms with E-state index in [1.807, 2.05) is 48.5 Å². The minimum atomic E-state index is 0.577. The van der Waals surface area contributed by atoms with Gasteiger partial charge in [-0.05, 0) is 77.9 Å². The molecule has 0 N–H and O–H groups in total. The highest BCUT2D eigenvalue weighted by Gasteiger charge is 2.18. The van der Waals surface area contributed by atoms with E-state index < -0.39 is 0 Å². The molecule has 4 aromatic heterocycles. The van der Waals surface area contributed by atoms with Gasteiger partial charge in [-0.15, -0.1) is 11.3 Å². The Labute approximate surface area is 295 Å². The molecule has 0 saturated heterocycles. The van der Waals surface area contributed by atoms with Crippen LogP contribution in [0.15, 0.2) is 160 Å². The van der Waals surface area contributed by atoms with E-state index in [0.29, 0.717) is 17.5 Å². The SMILES string of the molecule is c1ccc(-c2cccc3oc4cc(-c5nc(-c6ccc7oc8ccccc8c7c6)nc(-c6ccc7sc8ccccc8c7c6)n5)ccc4c23)cc1. The van der Waals surface area contributed by atoms with Crippen LogP contribution in [0.25, 0.3) is 109 Å². The van der Waals surface area contributed by atoms with Crippen LogP contribution in [0.4, 0.5) is 0 Å². The number of thiophene rings is 1. The largest absolute Gasteiger partial charge is 0.456 e. The maximum Gasteiger partial charge on any atom is 0.164 e. The van der Waals surface area contributed by atoms with Gasteiger partial charge in [0.15, 0.2) is 17.5 Å². The summed E-state index contributed by atoms with van der Waals surface area (Å²) in [4.78, 5) is 15.3. The van der Waals surface area contributed by atoms with Crippen LogP contribution in [0.5, 0.6) is 0 Å². The molecule has 238 valence electrons. The average molecular weight is 672 g/mol. The molecule has 6 heteroatoms. The summed E-state index contributed by atoms with van der Waals surface area (Å²) in [5.74, 6) is 1.78. The van der Waals surface area contributed by atoms with Crippen LogP contribution in [0.1, 0.15) is 0 Å². The van der Waals surface area contributed by atoms with Crippen molar-refractivity contribution in [2.75, 3.05) is 0 Å². The topological polar surface area (TPSA) is 65.0 Å². The third-order valence-corrected chi connectivity index (χ3v) is 10.9. The Kier molecular flexibility index (Phi) is 6.05. The first-order chi connectivity index (χ1) is 25.2. The van der Waals surface area contributed by atoms with Gasteiger partial charge in [-0.3, -0.25) is 0 Å². The molecule has 0 atom stereocenters. The summed E-state index contributed by atoms with van der Waals surface area (Å²) in [6, 6.07) is 52.2. The zero-order valence-electron chi connectivity index (χ0n) is 27.0. The van der Waals surface area contributed by atoms with Crippen molar-refractivity contribution in [1.29, 1.82) is 0 Å². The van der Waals surface area contributed by atoms with Gasteiger partial charge >= 0.3 is 0 Å². The number of para-hydroxylation sites is 1. The molecule has 11 rings (SSSR count). The van der Waals surface area contributed by atoms with Crippen molar-refractivity contribution in [2.24, 2.45) is 0 Å². The fourth-order valence-electron chi connectivity index (χ4n) is 7.32. The first-order valence-corrected chi connectivity index (χ1v) is 17.7. The lowest BCUT2D eigenvalue weighted by Crippen LogP contribution is -2.00. The van der Waals surface area contributed by atoms with Gasteiger partial charge in [0.05, 0.1) is 0 Å². The zero-order valence-corrected chi connectivity index (χ0v) is 27.8. The standard InChI is InChI=1S/C45H25N3O2S/c1-2-9-26(10-3-1)30-13-8-15-38-42(30)33-20-17-29(25-39(33)50-38)45-47-43(27-18-21-37-34(23-27)31-11-4-6-14-36(31)49-37)46-44(48-45)28-19-22-41-35(24-28)32-12-5-7-16-40(32)51-41/h1-25H. The molecule has 0 radical (unpaired) electrons. The molecular weight excluding hydrogens is 647 g/mol. The number of hydrogen-bond acceptors (Lipinski definition) is 6. The summed E-state index contributed by atoms with van der Waals surface area (Å²) in [7, 11) is 0. The normalized spacial score (nSPS) is 11.9. The zero-order chi connectivity index (χ0) is 33.5. The Morgan fingerprint density at radius 2 is 0.961 bits per heavy atom. The Hall–Kier alpha value is -6.63. The van der Waals surface area contributed by atoms with E-state index in [9.17, 15) is 0 Å². The Morgan fingerprint density at radius 1 is 0.353 bits per heavy atom. The number of fused-ring (bicyclic) bond motifs is 9. The van der Waals surface area contributed by atoms with E-state index in [-0.39, 0.29) is 0 Å². The van der Waals surface area contributed by atoms with Crippen LogP contribution < -0.4 is 0 Å². The fourth-order valence-corrected chi connectivity index (χ4v) is 8.40. The van der Waals surface area contributed by atoms with Gasteiger partial charge < -0.3 is 8.83 Å². The van der Waals surface area contributed by atoms with Gasteiger partial charge in [0, 0.05) is 58.4 Å². The highest BCUT2D eigenvalue weighted by atomic mass is 32.1. The summed E-state index contributed by atoms with van der Waals surface area (Å²) in [6.45, 7) is 0. The molecule has 11 aromatic rings. The molecule has 0 unspecified atom stereocenters. The number of benzene rings is 7. The van der Waals surface area contributed by atoms with Crippen LogP contribution in [0, 0.1) is 0 Å². The predicted octanol–water partition coefficient (Wildman–Crippen LogP) is 12.7. The third kappa shape index (κ3) is 4.50. The monoisotopic (exact) mass is 671 g/mol. The van der Waals surface area contributed by atoms with Crippen LogP contribution >= 0.6 is 11.3 Å². The fraction of sp³-hybridized carbons (Fsp3) is 0. The van der Waals surface area contributed by atoms with Crippen molar-refractivity contribution < 1.29 is 8.83 Å². The molecule has 0 saturated carbocycles. The first kappa shape index (κ1) is 28.2. The maximum atomic E-state index is 6.49. The number of hydrogen-bond donors (Lipinski definition) is 0. The van der Waals surface area contributed by atoms with Crippen molar-refractivity contribution in [2.45, 2.75) is 0 Å². The predicted molar refractivity (Wildman–Crippen MR) is 209 cm³/mol. The summed E-state index contributed by atoms with van der Waals surface area (Å²) < 4.78 is 15.1. The van der Waals surface area contributed by atoms with Gasteiger partial charge in [-0.25, -0.2) is 15.0 Å². The van der Waals surface area contributed by atoms with Crippen molar-refractivity contribution in [1.82, 2.24) is 15.0 Å².